The van der Waals surface area contributed by atoms with Gasteiger partial charge in [-0.3, -0.25) is 0 Å². The monoisotopic (exact) mass is 251 g/mol. The molecule has 0 fully saturated rings. The van der Waals surface area contributed by atoms with Crippen LogP contribution in [0.2, 0.25) is 0 Å². The molecule has 18 heavy (non-hydrogen) atoms. The normalized spacial score (nSPS) is 10.9. The highest BCUT2D eigenvalue weighted by atomic mass is 16.5. The summed E-state index contributed by atoms with van der Waals surface area (Å²) in [5.41, 5.74) is 2.47. The second-order valence-corrected chi connectivity index (χ2v) is 4.77. The van der Waals surface area contributed by atoms with E-state index in [9.17, 15) is 0 Å². The quantitative estimate of drug-likeness (QED) is 0.721. The molecule has 0 saturated heterocycles. The van der Waals surface area contributed by atoms with Crippen LogP contribution in [0, 0.1) is 6.92 Å². The van der Waals surface area contributed by atoms with Gasteiger partial charge in [-0.25, -0.2) is 0 Å². The van der Waals surface area contributed by atoms with Crippen LogP contribution in [0.5, 0.6) is 5.75 Å². The summed E-state index contributed by atoms with van der Waals surface area (Å²) in [5, 5.41) is 3.42. The predicted octanol–water partition coefficient (Wildman–Crippen LogP) is 2.91. The smallest absolute Gasteiger partial charge is 0.123 e. The Bertz CT molecular complexity index is 350. The van der Waals surface area contributed by atoms with Crippen molar-refractivity contribution in [1.82, 2.24) is 5.32 Å². The van der Waals surface area contributed by atoms with E-state index in [-0.39, 0.29) is 0 Å². The Hall–Kier alpha value is -1.06. The van der Waals surface area contributed by atoms with Gasteiger partial charge >= 0.3 is 0 Å². The SMILES string of the molecule is COc1ccc(C)cc1CNCCCOC(C)C. The van der Waals surface area contributed by atoms with Crippen molar-refractivity contribution in [3.63, 3.8) is 0 Å². The molecule has 3 nitrogen and oxygen atoms in total. The van der Waals surface area contributed by atoms with E-state index in [0.29, 0.717) is 6.10 Å². The first-order chi connectivity index (χ1) is 8.63. The van der Waals surface area contributed by atoms with E-state index in [2.05, 4.69) is 38.2 Å². The minimum Gasteiger partial charge on any atom is -0.496 e. The summed E-state index contributed by atoms with van der Waals surface area (Å²) in [4.78, 5) is 0. The highest BCUT2D eigenvalue weighted by Crippen LogP contribution is 2.19. The molecular weight excluding hydrogens is 226 g/mol. The third-order valence-corrected chi connectivity index (χ3v) is 2.70. The number of nitrogens with one attached hydrogen (secondary N) is 1. The van der Waals surface area contributed by atoms with E-state index < -0.39 is 0 Å². The van der Waals surface area contributed by atoms with Crippen molar-refractivity contribution in [2.75, 3.05) is 20.3 Å². The van der Waals surface area contributed by atoms with Gasteiger partial charge < -0.3 is 14.8 Å². The van der Waals surface area contributed by atoms with Crippen LogP contribution in [0.15, 0.2) is 18.2 Å². The summed E-state index contributed by atoms with van der Waals surface area (Å²) in [6, 6.07) is 6.25. The zero-order valence-electron chi connectivity index (χ0n) is 12.0. The van der Waals surface area contributed by atoms with E-state index >= 15 is 0 Å². The molecule has 0 spiro atoms. The van der Waals surface area contributed by atoms with Gasteiger partial charge in [0, 0.05) is 18.7 Å². The number of aryl methyl sites for hydroxylation is 1. The Morgan fingerprint density at radius 3 is 2.72 bits per heavy atom. The van der Waals surface area contributed by atoms with Crippen LogP contribution in [0.4, 0.5) is 0 Å². The molecule has 3 heteroatoms. The Balaban J connectivity index is 2.28. The topological polar surface area (TPSA) is 30.5 Å². The summed E-state index contributed by atoms with van der Waals surface area (Å²) in [7, 11) is 1.71. The predicted molar refractivity (Wildman–Crippen MR) is 75.1 cm³/mol. The molecule has 0 heterocycles. The summed E-state index contributed by atoms with van der Waals surface area (Å²) in [5.74, 6) is 0.950. The summed E-state index contributed by atoms with van der Waals surface area (Å²) < 4.78 is 10.8. The molecule has 0 aliphatic rings. The van der Waals surface area contributed by atoms with Gasteiger partial charge in [0.25, 0.3) is 0 Å². The van der Waals surface area contributed by atoms with Crippen molar-refractivity contribution in [2.45, 2.75) is 39.8 Å². The highest BCUT2D eigenvalue weighted by Gasteiger charge is 2.02. The van der Waals surface area contributed by atoms with Gasteiger partial charge in [-0.1, -0.05) is 17.7 Å². The lowest BCUT2D eigenvalue weighted by Crippen LogP contribution is -2.17. The van der Waals surface area contributed by atoms with Crippen LogP contribution in [-0.4, -0.2) is 26.4 Å². The minimum absolute atomic E-state index is 0.321. The third-order valence-electron chi connectivity index (χ3n) is 2.70. The van der Waals surface area contributed by atoms with E-state index in [0.717, 1.165) is 31.9 Å². The second kappa shape index (κ2) is 8.11. The average Bonchev–Trinajstić information content (AvgIpc) is 2.33. The molecule has 0 aliphatic carbocycles. The fourth-order valence-corrected chi connectivity index (χ4v) is 1.78. The zero-order chi connectivity index (χ0) is 13.4. The van der Waals surface area contributed by atoms with Crippen LogP contribution in [0.1, 0.15) is 31.4 Å². The van der Waals surface area contributed by atoms with Gasteiger partial charge in [-0.05, 0) is 39.8 Å². The Morgan fingerprint density at radius 2 is 2.06 bits per heavy atom. The average molecular weight is 251 g/mol. The molecule has 0 aromatic heterocycles. The number of rotatable bonds is 8. The number of methoxy groups -OCH3 is 1. The molecule has 0 aliphatic heterocycles. The van der Waals surface area contributed by atoms with Crippen LogP contribution >= 0.6 is 0 Å². The number of hydrogen-bond donors (Lipinski definition) is 1. The lowest BCUT2D eigenvalue weighted by Gasteiger charge is -2.11. The highest BCUT2D eigenvalue weighted by molar-refractivity contribution is 5.36. The van der Waals surface area contributed by atoms with Gasteiger partial charge in [0.15, 0.2) is 0 Å². The first-order valence-electron chi connectivity index (χ1n) is 6.59. The molecule has 1 rings (SSSR count). The van der Waals surface area contributed by atoms with E-state index in [1.54, 1.807) is 7.11 Å². The van der Waals surface area contributed by atoms with Crippen LogP contribution in [0.3, 0.4) is 0 Å². The first-order valence-corrected chi connectivity index (χ1v) is 6.59. The van der Waals surface area contributed by atoms with Gasteiger partial charge in [0.1, 0.15) is 5.75 Å². The van der Waals surface area contributed by atoms with Gasteiger partial charge in [0.2, 0.25) is 0 Å². The molecule has 0 unspecified atom stereocenters. The molecule has 0 amide bonds. The maximum absolute atomic E-state index is 5.49. The zero-order valence-corrected chi connectivity index (χ0v) is 12.0. The Kier molecular flexibility index (Phi) is 6.76. The van der Waals surface area contributed by atoms with Crippen LogP contribution in [0.25, 0.3) is 0 Å². The van der Waals surface area contributed by atoms with Crippen molar-refractivity contribution >= 4 is 0 Å². The van der Waals surface area contributed by atoms with E-state index in [1.807, 2.05) is 6.07 Å². The molecule has 1 aromatic carbocycles. The Morgan fingerprint density at radius 1 is 1.28 bits per heavy atom. The maximum atomic E-state index is 5.49. The van der Waals surface area contributed by atoms with Crippen molar-refractivity contribution < 1.29 is 9.47 Å². The lowest BCUT2D eigenvalue weighted by molar-refractivity contribution is 0.0770. The lowest BCUT2D eigenvalue weighted by atomic mass is 10.1. The van der Waals surface area contributed by atoms with E-state index in [1.165, 1.54) is 11.1 Å². The largest absolute Gasteiger partial charge is 0.496 e. The molecule has 1 N–H and O–H groups in total. The van der Waals surface area contributed by atoms with Crippen molar-refractivity contribution in [3.8, 4) is 5.75 Å². The second-order valence-electron chi connectivity index (χ2n) is 4.77. The van der Waals surface area contributed by atoms with Gasteiger partial charge in [-0.2, -0.15) is 0 Å². The van der Waals surface area contributed by atoms with Gasteiger partial charge in [-0.15, -0.1) is 0 Å². The molecule has 0 bridgehead atoms. The minimum atomic E-state index is 0.321. The summed E-state index contributed by atoms with van der Waals surface area (Å²) in [6.45, 7) is 8.83. The number of hydrogen-bond acceptors (Lipinski definition) is 3. The fraction of sp³-hybridized carbons (Fsp3) is 0.600. The standard InChI is InChI=1S/C15H25NO2/c1-12(2)18-9-5-8-16-11-14-10-13(3)6-7-15(14)17-4/h6-7,10,12,16H,5,8-9,11H2,1-4H3. The molecule has 1 aromatic rings. The molecule has 0 saturated carbocycles. The maximum Gasteiger partial charge on any atom is 0.123 e. The Labute approximate surface area is 110 Å². The third kappa shape index (κ3) is 5.52. The first kappa shape index (κ1) is 15.0. The van der Waals surface area contributed by atoms with Crippen molar-refractivity contribution in [3.05, 3.63) is 29.3 Å². The molecule has 0 atom stereocenters. The van der Waals surface area contributed by atoms with E-state index in [4.69, 9.17) is 9.47 Å². The molecule has 0 radical (unpaired) electrons. The summed E-state index contributed by atoms with van der Waals surface area (Å²) >= 11 is 0. The van der Waals surface area contributed by atoms with Crippen LogP contribution in [-0.2, 0) is 11.3 Å². The van der Waals surface area contributed by atoms with Crippen LogP contribution < -0.4 is 10.1 Å². The van der Waals surface area contributed by atoms with Gasteiger partial charge in [0.05, 0.1) is 13.2 Å². The number of ether oxygens (including phenoxy) is 2. The van der Waals surface area contributed by atoms with Crippen molar-refractivity contribution in [2.24, 2.45) is 0 Å². The molecular formula is C15H25NO2. The molecule has 102 valence electrons. The van der Waals surface area contributed by atoms with Crippen molar-refractivity contribution in [1.29, 1.82) is 0 Å². The number of benzene rings is 1. The fourth-order valence-electron chi connectivity index (χ4n) is 1.78. The summed E-state index contributed by atoms with van der Waals surface area (Å²) in [6.07, 6.45) is 1.36.